The van der Waals surface area contributed by atoms with Gasteiger partial charge in [0.15, 0.2) is 9.84 Å². The van der Waals surface area contributed by atoms with Crippen molar-refractivity contribution >= 4 is 26.6 Å². The van der Waals surface area contributed by atoms with Gasteiger partial charge in [-0.25, -0.2) is 8.42 Å². The second-order valence-electron chi connectivity index (χ2n) is 5.07. The van der Waals surface area contributed by atoms with Crippen LogP contribution in [0.5, 0.6) is 0 Å². The molecular formula is C15H20N2O3S. The summed E-state index contributed by atoms with van der Waals surface area (Å²) in [4.78, 5) is 14.4. The van der Waals surface area contributed by atoms with E-state index in [-0.39, 0.29) is 11.7 Å². The summed E-state index contributed by atoms with van der Waals surface area (Å²) in [6.45, 7) is 3.87. The van der Waals surface area contributed by atoms with Crippen LogP contribution >= 0.6 is 0 Å². The first-order valence-electron chi connectivity index (χ1n) is 7.01. The second-order valence-corrected chi connectivity index (χ2v) is 7.18. The zero-order valence-electron chi connectivity index (χ0n) is 12.3. The summed E-state index contributed by atoms with van der Waals surface area (Å²) in [5, 5.41) is 3.64. The first-order chi connectivity index (χ1) is 9.94. The number of carbonyl (C=O) groups excluding carboxylic acids is 1. The Kier molecular flexibility index (Phi) is 4.67. The van der Waals surface area contributed by atoms with Crippen LogP contribution < -0.4 is 5.32 Å². The summed E-state index contributed by atoms with van der Waals surface area (Å²) in [5.41, 5.74) is 1.91. The molecule has 21 heavy (non-hydrogen) atoms. The molecule has 1 heterocycles. The van der Waals surface area contributed by atoms with Crippen LogP contribution in [-0.2, 0) is 21.1 Å². The molecule has 0 aliphatic heterocycles. The first kappa shape index (κ1) is 15.6. The molecule has 0 atom stereocenters. The molecule has 0 fully saturated rings. The lowest BCUT2D eigenvalue weighted by molar-refractivity contribution is -0.118. The van der Waals surface area contributed by atoms with Crippen molar-refractivity contribution in [3.05, 3.63) is 30.0 Å². The van der Waals surface area contributed by atoms with Crippen molar-refractivity contribution < 1.29 is 13.2 Å². The van der Waals surface area contributed by atoms with Crippen molar-refractivity contribution in [2.75, 3.05) is 12.3 Å². The first-order valence-corrected chi connectivity index (χ1v) is 8.66. The Hall–Kier alpha value is -1.82. The summed E-state index contributed by atoms with van der Waals surface area (Å²) in [6, 6.07) is 5.15. The Bertz CT molecular complexity index is 747. The molecule has 0 saturated heterocycles. The van der Waals surface area contributed by atoms with Gasteiger partial charge in [0, 0.05) is 30.6 Å². The third-order valence-electron chi connectivity index (χ3n) is 3.34. The van der Waals surface area contributed by atoms with Crippen LogP contribution in [0, 0.1) is 0 Å². The van der Waals surface area contributed by atoms with Gasteiger partial charge in [0.2, 0.25) is 5.91 Å². The number of aromatic nitrogens is 1. The molecule has 1 aromatic carbocycles. The minimum absolute atomic E-state index is 0.0685. The van der Waals surface area contributed by atoms with Crippen molar-refractivity contribution in [2.24, 2.45) is 0 Å². The lowest BCUT2D eigenvalue weighted by Crippen LogP contribution is -2.22. The zero-order chi connectivity index (χ0) is 15.5. The number of aromatic amines is 1. The quantitative estimate of drug-likeness (QED) is 0.857. The van der Waals surface area contributed by atoms with E-state index in [2.05, 4.69) is 10.3 Å². The lowest BCUT2D eigenvalue weighted by atomic mass is 10.1. The van der Waals surface area contributed by atoms with Crippen LogP contribution in [0.4, 0.5) is 0 Å². The van der Waals surface area contributed by atoms with Gasteiger partial charge in [-0.15, -0.1) is 0 Å². The summed E-state index contributed by atoms with van der Waals surface area (Å²) in [7, 11) is -3.21. The summed E-state index contributed by atoms with van der Waals surface area (Å²) < 4.78 is 24.3. The number of nitrogens with one attached hydrogen (secondary N) is 2. The molecule has 1 aromatic heterocycles. The van der Waals surface area contributed by atoms with Gasteiger partial charge in [0.25, 0.3) is 0 Å². The summed E-state index contributed by atoms with van der Waals surface area (Å²) in [5.74, 6) is 0.0884. The maximum Gasteiger partial charge on any atom is 0.216 e. The molecule has 5 nitrogen and oxygen atoms in total. The molecule has 0 bridgehead atoms. The van der Waals surface area contributed by atoms with Gasteiger partial charge >= 0.3 is 0 Å². The van der Waals surface area contributed by atoms with Crippen molar-refractivity contribution in [2.45, 2.75) is 31.6 Å². The number of fused-ring (bicyclic) bond motifs is 1. The third kappa shape index (κ3) is 3.64. The number of carbonyl (C=O) groups is 1. The molecule has 6 heteroatoms. The molecule has 0 unspecified atom stereocenters. The van der Waals surface area contributed by atoms with Gasteiger partial charge in [-0.05, 0) is 36.6 Å². The highest BCUT2D eigenvalue weighted by Crippen LogP contribution is 2.23. The standard InChI is InChI=1S/C15H20N2O3S/c1-3-8-21(19,20)13-4-5-15-14(9-13)12(10-17-15)6-7-16-11(2)18/h4-5,9-10,17H,3,6-8H2,1-2H3,(H,16,18). The SMILES string of the molecule is CCCS(=O)(=O)c1ccc2[nH]cc(CCNC(C)=O)c2c1. The highest BCUT2D eigenvalue weighted by Gasteiger charge is 2.15. The van der Waals surface area contributed by atoms with Crippen LogP contribution in [0.1, 0.15) is 25.8 Å². The summed E-state index contributed by atoms with van der Waals surface area (Å²) >= 11 is 0. The molecule has 0 aliphatic carbocycles. The van der Waals surface area contributed by atoms with E-state index in [1.54, 1.807) is 18.2 Å². The van der Waals surface area contributed by atoms with Crippen molar-refractivity contribution in [1.29, 1.82) is 0 Å². The van der Waals surface area contributed by atoms with Crippen molar-refractivity contribution in [1.82, 2.24) is 10.3 Å². The maximum absolute atomic E-state index is 12.1. The normalized spacial score (nSPS) is 11.7. The minimum atomic E-state index is -3.21. The fourth-order valence-electron chi connectivity index (χ4n) is 2.32. The molecule has 0 saturated carbocycles. The molecule has 0 spiro atoms. The molecule has 0 aliphatic rings. The Labute approximate surface area is 124 Å². The maximum atomic E-state index is 12.1. The Morgan fingerprint density at radius 2 is 2.10 bits per heavy atom. The van der Waals surface area contributed by atoms with Gasteiger partial charge < -0.3 is 10.3 Å². The number of benzene rings is 1. The molecule has 1 amide bonds. The predicted octanol–water partition coefficient (Wildman–Crippen LogP) is 2.03. The zero-order valence-corrected chi connectivity index (χ0v) is 13.1. The van der Waals surface area contributed by atoms with E-state index in [0.717, 1.165) is 16.5 Å². The van der Waals surface area contributed by atoms with Crippen LogP contribution in [0.2, 0.25) is 0 Å². The third-order valence-corrected chi connectivity index (χ3v) is 5.26. The van der Waals surface area contributed by atoms with Crippen LogP contribution in [-0.4, -0.2) is 31.6 Å². The fourth-order valence-corrected chi connectivity index (χ4v) is 3.66. The van der Waals surface area contributed by atoms with E-state index in [1.807, 2.05) is 13.1 Å². The Morgan fingerprint density at radius 3 is 2.76 bits per heavy atom. The van der Waals surface area contributed by atoms with Gasteiger partial charge in [-0.1, -0.05) is 6.92 Å². The molecule has 2 N–H and O–H groups in total. The van der Waals surface area contributed by atoms with Crippen molar-refractivity contribution in [3.63, 3.8) is 0 Å². The topological polar surface area (TPSA) is 79.0 Å². The molecular weight excluding hydrogens is 288 g/mol. The number of hydrogen-bond acceptors (Lipinski definition) is 3. The fraction of sp³-hybridized carbons (Fsp3) is 0.400. The molecule has 114 valence electrons. The largest absolute Gasteiger partial charge is 0.361 e. The average molecular weight is 308 g/mol. The highest BCUT2D eigenvalue weighted by atomic mass is 32.2. The predicted molar refractivity (Wildman–Crippen MR) is 83.0 cm³/mol. The van der Waals surface area contributed by atoms with E-state index in [4.69, 9.17) is 0 Å². The van der Waals surface area contributed by atoms with E-state index >= 15 is 0 Å². The van der Waals surface area contributed by atoms with Gasteiger partial charge in [0.1, 0.15) is 0 Å². The Morgan fingerprint density at radius 1 is 1.33 bits per heavy atom. The molecule has 0 radical (unpaired) electrons. The van der Waals surface area contributed by atoms with Crippen LogP contribution in [0.15, 0.2) is 29.3 Å². The van der Waals surface area contributed by atoms with E-state index in [1.165, 1.54) is 6.92 Å². The number of H-pyrrole nitrogens is 1. The average Bonchev–Trinajstić information content (AvgIpc) is 2.81. The monoisotopic (exact) mass is 308 g/mol. The number of sulfone groups is 1. The second kappa shape index (κ2) is 6.30. The van der Waals surface area contributed by atoms with Gasteiger partial charge in [-0.3, -0.25) is 4.79 Å². The van der Waals surface area contributed by atoms with Crippen LogP contribution in [0.3, 0.4) is 0 Å². The number of rotatable bonds is 6. The van der Waals surface area contributed by atoms with Crippen LogP contribution in [0.25, 0.3) is 10.9 Å². The number of amides is 1. The smallest absolute Gasteiger partial charge is 0.216 e. The summed E-state index contributed by atoms with van der Waals surface area (Å²) in [6.07, 6.45) is 3.13. The van der Waals surface area contributed by atoms with E-state index in [0.29, 0.717) is 24.3 Å². The number of hydrogen-bond donors (Lipinski definition) is 2. The molecule has 2 rings (SSSR count). The molecule has 2 aromatic rings. The van der Waals surface area contributed by atoms with Gasteiger partial charge in [0.05, 0.1) is 10.6 Å². The Balaban J connectivity index is 2.31. The van der Waals surface area contributed by atoms with Crippen molar-refractivity contribution in [3.8, 4) is 0 Å². The minimum Gasteiger partial charge on any atom is -0.361 e. The van der Waals surface area contributed by atoms with Gasteiger partial charge in [-0.2, -0.15) is 0 Å². The lowest BCUT2D eigenvalue weighted by Gasteiger charge is -2.05. The van der Waals surface area contributed by atoms with E-state index in [9.17, 15) is 13.2 Å². The van der Waals surface area contributed by atoms with E-state index < -0.39 is 9.84 Å². The highest BCUT2D eigenvalue weighted by molar-refractivity contribution is 7.91.